The van der Waals surface area contributed by atoms with Gasteiger partial charge in [0.15, 0.2) is 5.17 Å². The van der Waals surface area contributed by atoms with Crippen LogP contribution in [-0.2, 0) is 4.57 Å². The van der Waals surface area contributed by atoms with Crippen LogP contribution in [0.1, 0.15) is 24.2 Å². The van der Waals surface area contributed by atoms with Crippen LogP contribution in [0.4, 0.5) is 0 Å². The fourth-order valence-electron chi connectivity index (χ4n) is 2.42. The molecule has 1 aromatic carbocycles. The van der Waals surface area contributed by atoms with E-state index in [1.54, 1.807) is 12.1 Å². The Morgan fingerprint density at radius 1 is 1.30 bits per heavy atom. The quantitative estimate of drug-likeness (QED) is 0.433. The molecule has 0 aliphatic carbocycles. The minimum absolute atomic E-state index is 0.0981. The molecule has 1 atom stereocenters. The van der Waals surface area contributed by atoms with Crippen molar-refractivity contribution in [2.75, 3.05) is 6.54 Å². The van der Waals surface area contributed by atoms with Crippen LogP contribution in [0.25, 0.3) is 0 Å². The molecule has 3 rings (SSSR count). The van der Waals surface area contributed by atoms with Crippen molar-refractivity contribution in [1.82, 2.24) is 10.3 Å². The van der Waals surface area contributed by atoms with Crippen LogP contribution in [0.3, 0.4) is 0 Å². The number of carbonyl (C=O) groups excluding carboxylic acids is 1. The normalized spacial score (nSPS) is 16.3. The lowest BCUT2D eigenvalue weighted by atomic mass is 10.2. The van der Waals surface area contributed by atoms with E-state index in [2.05, 4.69) is 15.3 Å². The molecule has 2 heterocycles. The number of amides is 1. The van der Waals surface area contributed by atoms with Crippen LogP contribution in [0, 0.1) is 0 Å². The number of alkyl halides is 1. The van der Waals surface area contributed by atoms with Gasteiger partial charge in [-0.25, -0.2) is 4.98 Å². The van der Waals surface area contributed by atoms with E-state index in [-0.39, 0.29) is 33.3 Å². The molecule has 12 heteroatoms. The summed E-state index contributed by atoms with van der Waals surface area (Å²) < 4.78 is 22.4. The predicted octanol–water partition coefficient (Wildman–Crippen LogP) is 2.86. The molecule has 2 aromatic rings. The Morgan fingerprint density at radius 2 is 2.03 bits per heavy atom. The second-order valence-corrected chi connectivity index (χ2v) is 10.1. The monoisotopic (exact) mass is 471 g/mol. The highest BCUT2D eigenvalue weighted by atomic mass is 35.5. The number of aromatic nitrogens is 1. The maximum atomic E-state index is 12.6. The molecule has 1 unspecified atom stereocenters. The van der Waals surface area contributed by atoms with Crippen LogP contribution < -0.4 is 20.1 Å². The first-order valence-electron chi connectivity index (χ1n) is 8.78. The number of amidine groups is 1. The number of rotatable bonds is 6. The van der Waals surface area contributed by atoms with Gasteiger partial charge in [-0.1, -0.05) is 11.8 Å². The maximum absolute atomic E-state index is 12.6. The zero-order chi connectivity index (χ0) is 21.9. The summed E-state index contributed by atoms with van der Waals surface area (Å²) in [5.41, 5.74) is 0.274. The topological polar surface area (TPSA) is 130 Å². The van der Waals surface area contributed by atoms with E-state index in [1.807, 2.05) is 13.8 Å². The maximum Gasteiger partial charge on any atom is 0.357 e. The van der Waals surface area contributed by atoms with Gasteiger partial charge in [0.05, 0.1) is 18.0 Å². The van der Waals surface area contributed by atoms with Gasteiger partial charge in [0, 0.05) is 23.9 Å². The van der Waals surface area contributed by atoms with Crippen LogP contribution >= 0.6 is 31.0 Å². The third-order valence-electron chi connectivity index (χ3n) is 3.63. The van der Waals surface area contributed by atoms with E-state index in [0.717, 1.165) is 6.20 Å². The Hall–Kier alpha value is -2.10. The molecule has 1 amide bonds. The van der Waals surface area contributed by atoms with Crippen LogP contribution in [0.2, 0.25) is 0 Å². The molecular weight excluding hydrogens is 453 g/mol. The molecule has 0 spiro atoms. The number of aliphatic imine (C=N–C) groups is 1. The highest BCUT2D eigenvalue weighted by Crippen LogP contribution is 2.33. The lowest BCUT2D eigenvalue weighted by Crippen LogP contribution is -2.27. The number of nitrogens with zero attached hydrogens (tertiary/aromatic N) is 2. The Bertz CT molecular complexity index is 1010. The summed E-state index contributed by atoms with van der Waals surface area (Å²) in [5.74, 6) is 0.374. The lowest BCUT2D eigenvalue weighted by Gasteiger charge is -2.14. The first-order chi connectivity index (χ1) is 14.1. The highest BCUT2D eigenvalue weighted by Gasteiger charge is 2.21. The molecule has 9 nitrogen and oxygen atoms in total. The summed E-state index contributed by atoms with van der Waals surface area (Å²) in [7, 11) is -4.40. The van der Waals surface area contributed by atoms with Crippen molar-refractivity contribution in [3.63, 3.8) is 0 Å². The van der Waals surface area contributed by atoms with Crippen molar-refractivity contribution in [2.24, 2.45) is 4.99 Å². The molecule has 0 bridgehead atoms. The number of pyridine rings is 1. The molecule has 1 aliphatic rings. The van der Waals surface area contributed by atoms with E-state index in [0.29, 0.717) is 17.5 Å². The number of halogens is 1. The van der Waals surface area contributed by atoms with E-state index in [1.165, 1.54) is 30.0 Å². The second-order valence-electron chi connectivity index (χ2n) is 6.49. The van der Waals surface area contributed by atoms with Crippen molar-refractivity contribution in [1.29, 1.82) is 0 Å². The number of nitrogens with one attached hydrogen (secondary N) is 1. The summed E-state index contributed by atoms with van der Waals surface area (Å²) in [6.45, 7) is 4.11. The van der Waals surface area contributed by atoms with Gasteiger partial charge in [-0.2, -0.15) is 0 Å². The summed E-state index contributed by atoms with van der Waals surface area (Å²) in [4.78, 5) is 39.0. The number of benzene rings is 1. The molecule has 0 radical (unpaired) electrons. The first kappa shape index (κ1) is 22.6. The van der Waals surface area contributed by atoms with Crippen LogP contribution in [0.5, 0.6) is 17.4 Å². The number of hydrogen-bond donors (Lipinski definition) is 3. The number of hydrogen-bond acceptors (Lipinski definition) is 7. The second kappa shape index (κ2) is 9.36. The summed E-state index contributed by atoms with van der Waals surface area (Å²) in [6.07, 6.45) is 0.902. The Labute approximate surface area is 182 Å². The molecule has 160 valence electrons. The summed E-state index contributed by atoms with van der Waals surface area (Å²) in [5, 5.41) is 2.91. The van der Waals surface area contributed by atoms with E-state index < -0.39 is 13.5 Å². The third-order valence-corrected chi connectivity index (χ3v) is 5.83. The number of ether oxygens (including phenoxy) is 2. The average Bonchev–Trinajstić information content (AvgIpc) is 3.05. The molecule has 1 aromatic heterocycles. The van der Waals surface area contributed by atoms with Gasteiger partial charge in [-0.15, -0.1) is 11.6 Å². The summed E-state index contributed by atoms with van der Waals surface area (Å²) >= 11 is 7.24. The van der Waals surface area contributed by atoms with Gasteiger partial charge in [0.25, 0.3) is 5.91 Å². The molecule has 0 saturated carbocycles. The minimum atomic E-state index is -4.40. The van der Waals surface area contributed by atoms with Crippen molar-refractivity contribution in [3.8, 4) is 17.4 Å². The number of carbonyl (C=O) groups is 1. The van der Waals surface area contributed by atoms with E-state index in [9.17, 15) is 19.1 Å². The van der Waals surface area contributed by atoms with Gasteiger partial charge < -0.3 is 24.6 Å². The van der Waals surface area contributed by atoms with Gasteiger partial charge in [-0.3, -0.25) is 14.4 Å². The van der Waals surface area contributed by atoms with E-state index >= 15 is 0 Å². The molecule has 1 aliphatic heterocycles. The molecule has 30 heavy (non-hydrogen) atoms. The van der Waals surface area contributed by atoms with Crippen LogP contribution in [0.15, 0.2) is 41.5 Å². The fourth-order valence-corrected chi connectivity index (χ4v) is 3.91. The standard InChI is InChI=1S/C18H19ClN3O6PS/c1-10(2)27-12-5-11(17(23)22-18-21-9-15(19)30-18)6-13(7-12)28-16-4-3-14(8-20-16)29(24,25)26/h3-8,10,15H,9H2,1-2H3,(H,21,22,23)(H2,24,25,26). The Balaban J connectivity index is 1.83. The SMILES string of the molecule is CC(C)Oc1cc(Oc2ccc(P(=O)(O)O)cn2)cc(C(=O)NC2=NCC(Cl)S2)c1. The van der Waals surface area contributed by atoms with Crippen LogP contribution in [-0.4, -0.2) is 43.2 Å². The Morgan fingerprint density at radius 3 is 2.60 bits per heavy atom. The van der Waals surface area contributed by atoms with E-state index in [4.69, 9.17) is 21.1 Å². The molecule has 0 fully saturated rings. The van der Waals surface area contributed by atoms with Gasteiger partial charge in [0.2, 0.25) is 5.88 Å². The van der Waals surface area contributed by atoms with Crippen molar-refractivity contribution >= 4 is 47.3 Å². The first-order valence-corrected chi connectivity index (χ1v) is 11.7. The highest BCUT2D eigenvalue weighted by molar-refractivity contribution is 8.15. The number of thioether (sulfide) groups is 1. The molecule has 3 N–H and O–H groups in total. The largest absolute Gasteiger partial charge is 0.491 e. The third kappa shape index (κ3) is 6.20. The fraction of sp³-hybridized carbons (Fsp3) is 0.278. The lowest BCUT2D eigenvalue weighted by molar-refractivity contribution is 0.0976. The van der Waals surface area contributed by atoms with Gasteiger partial charge >= 0.3 is 7.60 Å². The smallest absolute Gasteiger partial charge is 0.357 e. The van der Waals surface area contributed by atoms with Crippen molar-refractivity contribution in [3.05, 3.63) is 42.1 Å². The van der Waals surface area contributed by atoms with Crippen molar-refractivity contribution < 1.29 is 28.6 Å². The van der Waals surface area contributed by atoms with Gasteiger partial charge in [-0.05, 0) is 32.0 Å². The zero-order valence-corrected chi connectivity index (χ0v) is 18.4. The average molecular weight is 472 g/mol. The van der Waals surface area contributed by atoms with Crippen molar-refractivity contribution in [2.45, 2.75) is 24.7 Å². The minimum Gasteiger partial charge on any atom is -0.491 e. The molecule has 0 saturated heterocycles. The zero-order valence-electron chi connectivity index (χ0n) is 16.0. The Kier molecular flexibility index (Phi) is 7.05. The summed E-state index contributed by atoms with van der Waals surface area (Å²) in [6, 6.07) is 7.22. The predicted molar refractivity (Wildman–Crippen MR) is 115 cm³/mol. The van der Waals surface area contributed by atoms with Gasteiger partial charge in [0.1, 0.15) is 16.2 Å². The molecular formula is C18H19ClN3O6PS.